The summed E-state index contributed by atoms with van der Waals surface area (Å²) >= 11 is 0. The maximum absolute atomic E-state index is 12.5. The highest BCUT2D eigenvalue weighted by atomic mass is 16.5. The lowest BCUT2D eigenvalue weighted by Gasteiger charge is -2.33. The first-order valence-corrected chi connectivity index (χ1v) is 8.87. The number of benzene rings is 2. The molecule has 3 rings (SSSR count). The lowest BCUT2D eigenvalue weighted by molar-refractivity contribution is -0.133. The molecule has 0 aliphatic carbocycles. The summed E-state index contributed by atoms with van der Waals surface area (Å²) in [4.78, 5) is 14.5. The Labute approximate surface area is 149 Å². The molecule has 2 aromatic carbocycles. The second kappa shape index (κ2) is 8.56. The number of rotatable bonds is 6. The number of ether oxygens (including phenoxy) is 2. The molecular formula is C21H25NO3. The molecule has 132 valence electrons. The minimum absolute atomic E-state index is 0.0843. The van der Waals surface area contributed by atoms with Gasteiger partial charge in [0.2, 0.25) is 5.91 Å². The van der Waals surface area contributed by atoms with Crippen LogP contribution in [0.1, 0.15) is 24.8 Å². The molecule has 0 aromatic heterocycles. The third-order valence-corrected chi connectivity index (χ3v) is 4.56. The van der Waals surface area contributed by atoms with Gasteiger partial charge in [-0.15, -0.1) is 0 Å². The lowest BCUT2D eigenvalue weighted by atomic mass is 10.1. The van der Waals surface area contributed by atoms with E-state index < -0.39 is 0 Å². The molecule has 1 unspecified atom stereocenters. The van der Waals surface area contributed by atoms with Crippen molar-refractivity contribution in [3.8, 4) is 11.5 Å². The van der Waals surface area contributed by atoms with Gasteiger partial charge in [0.05, 0.1) is 13.7 Å². The van der Waals surface area contributed by atoms with Gasteiger partial charge in [0, 0.05) is 13.0 Å². The van der Waals surface area contributed by atoms with Crippen LogP contribution in [0.3, 0.4) is 0 Å². The van der Waals surface area contributed by atoms with Crippen LogP contribution >= 0.6 is 0 Å². The van der Waals surface area contributed by atoms with Crippen LogP contribution in [0.5, 0.6) is 11.5 Å². The average Bonchev–Trinajstić information content (AvgIpc) is 2.67. The maximum atomic E-state index is 12.5. The van der Waals surface area contributed by atoms with Gasteiger partial charge in [-0.05, 0) is 49.1 Å². The zero-order chi connectivity index (χ0) is 17.5. The summed E-state index contributed by atoms with van der Waals surface area (Å²) in [5.74, 6) is 1.92. The van der Waals surface area contributed by atoms with E-state index in [2.05, 4.69) is 0 Å². The van der Waals surface area contributed by atoms with Crippen molar-refractivity contribution in [2.75, 3.05) is 20.2 Å². The van der Waals surface area contributed by atoms with E-state index in [1.165, 1.54) is 0 Å². The highest BCUT2D eigenvalue weighted by Gasteiger charge is 2.24. The molecule has 4 nitrogen and oxygen atoms in total. The SMILES string of the molecule is COc1ccc(CCC(=O)N2CCCC(Oc3ccccc3)C2)cc1. The summed E-state index contributed by atoms with van der Waals surface area (Å²) in [5.41, 5.74) is 1.16. The fourth-order valence-corrected chi connectivity index (χ4v) is 3.15. The van der Waals surface area contributed by atoms with Crippen molar-refractivity contribution in [2.24, 2.45) is 0 Å². The van der Waals surface area contributed by atoms with Crippen LogP contribution in [0.25, 0.3) is 0 Å². The van der Waals surface area contributed by atoms with Gasteiger partial charge in [-0.1, -0.05) is 30.3 Å². The molecule has 0 bridgehead atoms. The smallest absolute Gasteiger partial charge is 0.223 e. The number of hydrogen-bond acceptors (Lipinski definition) is 3. The monoisotopic (exact) mass is 339 g/mol. The molecule has 0 spiro atoms. The first kappa shape index (κ1) is 17.3. The molecule has 0 saturated carbocycles. The van der Waals surface area contributed by atoms with Crippen molar-refractivity contribution in [3.63, 3.8) is 0 Å². The standard InChI is InChI=1S/C21H25NO3/c1-24-18-12-9-17(10-13-18)11-14-21(23)22-15-5-8-20(16-22)25-19-6-3-2-4-7-19/h2-4,6-7,9-10,12-13,20H,5,8,11,14-16H2,1H3. The van der Waals surface area contributed by atoms with Crippen molar-refractivity contribution >= 4 is 5.91 Å². The molecule has 1 saturated heterocycles. The number of carbonyl (C=O) groups is 1. The molecule has 2 aromatic rings. The Bertz CT molecular complexity index is 669. The van der Waals surface area contributed by atoms with Gasteiger partial charge in [0.1, 0.15) is 17.6 Å². The number of nitrogens with zero attached hydrogens (tertiary/aromatic N) is 1. The Hall–Kier alpha value is -2.49. The fourth-order valence-electron chi connectivity index (χ4n) is 3.15. The molecule has 1 amide bonds. The molecule has 1 heterocycles. The summed E-state index contributed by atoms with van der Waals surface area (Å²) in [7, 11) is 1.66. The van der Waals surface area contributed by atoms with E-state index in [4.69, 9.17) is 9.47 Å². The Morgan fingerprint density at radius 3 is 2.56 bits per heavy atom. The molecule has 4 heteroatoms. The van der Waals surface area contributed by atoms with Gasteiger partial charge < -0.3 is 14.4 Å². The third kappa shape index (κ3) is 4.99. The van der Waals surface area contributed by atoms with Crippen molar-refractivity contribution in [3.05, 3.63) is 60.2 Å². The first-order valence-electron chi connectivity index (χ1n) is 8.87. The van der Waals surface area contributed by atoms with Crippen molar-refractivity contribution in [2.45, 2.75) is 31.8 Å². The number of amides is 1. The molecular weight excluding hydrogens is 314 g/mol. The summed E-state index contributed by atoms with van der Waals surface area (Å²) in [6.45, 7) is 1.51. The van der Waals surface area contributed by atoms with E-state index in [-0.39, 0.29) is 12.0 Å². The highest BCUT2D eigenvalue weighted by Crippen LogP contribution is 2.19. The molecule has 1 aliphatic rings. The largest absolute Gasteiger partial charge is 0.497 e. The van der Waals surface area contributed by atoms with Crippen LogP contribution in [0.15, 0.2) is 54.6 Å². The van der Waals surface area contributed by atoms with Crippen molar-refractivity contribution in [1.29, 1.82) is 0 Å². The van der Waals surface area contributed by atoms with Gasteiger partial charge in [-0.2, -0.15) is 0 Å². The zero-order valence-electron chi connectivity index (χ0n) is 14.7. The first-order chi connectivity index (χ1) is 12.2. The van der Waals surface area contributed by atoms with E-state index in [1.54, 1.807) is 7.11 Å². The van der Waals surface area contributed by atoms with Gasteiger partial charge in [-0.25, -0.2) is 0 Å². The second-order valence-electron chi connectivity index (χ2n) is 6.38. The summed E-state index contributed by atoms with van der Waals surface area (Å²) in [6.07, 6.45) is 3.36. The van der Waals surface area contributed by atoms with E-state index in [0.29, 0.717) is 13.0 Å². The topological polar surface area (TPSA) is 38.8 Å². The van der Waals surface area contributed by atoms with Gasteiger partial charge in [0.15, 0.2) is 0 Å². The Kier molecular flexibility index (Phi) is 5.94. The summed E-state index contributed by atoms with van der Waals surface area (Å²) in [6, 6.07) is 17.7. The lowest BCUT2D eigenvalue weighted by Crippen LogP contribution is -2.44. The number of para-hydroxylation sites is 1. The van der Waals surface area contributed by atoms with Crippen LogP contribution in [-0.4, -0.2) is 37.1 Å². The van der Waals surface area contributed by atoms with Crippen LogP contribution in [0.4, 0.5) is 0 Å². The molecule has 1 aliphatic heterocycles. The number of methoxy groups -OCH3 is 1. The van der Waals surface area contributed by atoms with Crippen molar-refractivity contribution in [1.82, 2.24) is 4.90 Å². The Balaban J connectivity index is 1.49. The highest BCUT2D eigenvalue weighted by molar-refractivity contribution is 5.76. The minimum Gasteiger partial charge on any atom is -0.497 e. The van der Waals surface area contributed by atoms with E-state index >= 15 is 0 Å². The quantitative estimate of drug-likeness (QED) is 0.805. The number of carbonyl (C=O) groups excluding carboxylic acids is 1. The van der Waals surface area contributed by atoms with E-state index in [9.17, 15) is 4.79 Å². The molecule has 1 atom stereocenters. The summed E-state index contributed by atoms with van der Waals surface area (Å²) < 4.78 is 11.2. The summed E-state index contributed by atoms with van der Waals surface area (Å²) in [5, 5.41) is 0. The molecule has 0 N–H and O–H groups in total. The number of hydrogen-bond donors (Lipinski definition) is 0. The predicted octanol–water partition coefficient (Wildman–Crippen LogP) is 3.70. The number of piperidine rings is 1. The number of likely N-dealkylation sites (tertiary alicyclic amines) is 1. The second-order valence-corrected chi connectivity index (χ2v) is 6.38. The number of aryl methyl sites for hydroxylation is 1. The Morgan fingerprint density at radius 2 is 1.84 bits per heavy atom. The van der Waals surface area contributed by atoms with Crippen molar-refractivity contribution < 1.29 is 14.3 Å². The van der Waals surface area contributed by atoms with Crippen LogP contribution < -0.4 is 9.47 Å². The van der Waals surface area contributed by atoms with E-state index in [0.717, 1.165) is 42.9 Å². The van der Waals surface area contributed by atoms with E-state index in [1.807, 2.05) is 59.5 Å². The van der Waals surface area contributed by atoms with Gasteiger partial charge >= 0.3 is 0 Å². The normalized spacial score (nSPS) is 17.2. The third-order valence-electron chi connectivity index (χ3n) is 4.56. The molecule has 25 heavy (non-hydrogen) atoms. The maximum Gasteiger partial charge on any atom is 0.223 e. The minimum atomic E-state index is 0.0843. The predicted molar refractivity (Wildman–Crippen MR) is 98.0 cm³/mol. The average molecular weight is 339 g/mol. The van der Waals surface area contributed by atoms with Gasteiger partial charge in [0.25, 0.3) is 0 Å². The van der Waals surface area contributed by atoms with Gasteiger partial charge in [-0.3, -0.25) is 4.79 Å². The molecule has 0 radical (unpaired) electrons. The molecule has 1 fully saturated rings. The zero-order valence-corrected chi connectivity index (χ0v) is 14.7. The van der Waals surface area contributed by atoms with Crippen LogP contribution in [-0.2, 0) is 11.2 Å². The van der Waals surface area contributed by atoms with Crippen LogP contribution in [0.2, 0.25) is 0 Å². The fraction of sp³-hybridized carbons (Fsp3) is 0.381. The van der Waals surface area contributed by atoms with Crippen LogP contribution in [0, 0.1) is 0 Å². The Morgan fingerprint density at radius 1 is 1.08 bits per heavy atom.